The molecule has 6 N–H and O–H groups in total. The van der Waals surface area contributed by atoms with Crippen molar-refractivity contribution in [3.63, 3.8) is 0 Å². The number of nitro groups is 1. The fourth-order valence-corrected chi connectivity index (χ4v) is 2.58. The van der Waals surface area contributed by atoms with Crippen LogP contribution in [0.1, 0.15) is 6.42 Å². The monoisotopic (exact) mass is 303 g/mol. The quantitative estimate of drug-likeness (QED) is 0.285. The lowest BCUT2D eigenvalue weighted by molar-refractivity contribution is -0.387. The number of nitrogens with zero attached hydrogens (tertiary/aromatic N) is 1. The number of carbonyl (C=O) groups excluding carboxylic acids is 1. The fraction of sp³-hybridized carbons (Fsp3) is 0.222. The van der Waals surface area contributed by atoms with Crippen LogP contribution in [-0.2, 0) is 14.8 Å². The van der Waals surface area contributed by atoms with E-state index in [9.17, 15) is 23.3 Å². The molecule has 0 spiro atoms. The van der Waals surface area contributed by atoms with Gasteiger partial charge in [0.15, 0.2) is 4.90 Å². The van der Waals surface area contributed by atoms with E-state index in [-0.39, 0.29) is 18.7 Å². The van der Waals surface area contributed by atoms with E-state index in [0.29, 0.717) is 0 Å². The van der Waals surface area contributed by atoms with Crippen molar-refractivity contribution in [3.05, 3.63) is 28.3 Å². The summed E-state index contributed by atoms with van der Waals surface area (Å²) in [6.45, 7) is -0.255. The normalized spacial score (nSPS) is 11.1. The van der Waals surface area contributed by atoms with Gasteiger partial charge >= 0.3 is 0 Å². The molecule has 1 rings (SSSR count). The molecule has 0 unspecified atom stereocenters. The molecular formula is C9H13N5O5S. The lowest BCUT2D eigenvalue weighted by atomic mass is 10.3. The van der Waals surface area contributed by atoms with Crippen molar-refractivity contribution in [1.82, 2.24) is 4.72 Å². The second-order valence-corrected chi connectivity index (χ2v) is 5.43. The van der Waals surface area contributed by atoms with Crippen LogP contribution in [-0.4, -0.2) is 25.8 Å². The van der Waals surface area contributed by atoms with E-state index in [4.69, 9.17) is 11.6 Å². The maximum Gasteiger partial charge on any atom is 0.289 e. The van der Waals surface area contributed by atoms with Gasteiger partial charge in [0.05, 0.1) is 10.6 Å². The molecular weight excluding hydrogens is 290 g/mol. The maximum absolute atomic E-state index is 12.0. The molecule has 10 nitrogen and oxygen atoms in total. The molecule has 0 saturated heterocycles. The predicted octanol–water partition coefficient (Wildman–Crippen LogP) is -0.966. The van der Waals surface area contributed by atoms with Crippen molar-refractivity contribution in [1.29, 1.82) is 0 Å². The van der Waals surface area contributed by atoms with E-state index in [1.165, 1.54) is 6.07 Å². The van der Waals surface area contributed by atoms with E-state index >= 15 is 0 Å². The van der Waals surface area contributed by atoms with Gasteiger partial charge in [-0.3, -0.25) is 20.8 Å². The average Bonchev–Trinajstić information content (AvgIpc) is 2.37. The van der Waals surface area contributed by atoms with Crippen molar-refractivity contribution < 1.29 is 18.1 Å². The van der Waals surface area contributed by atoms with Crippen LogP contribution in [0.5, 0.6) is 0 Å². The summed E-state index contributed by atoms with van der Waals surface area (Å²) >= 11 is 0. The number of hydrazine groups is 1. The molecule has 0 heterocycles. The molecule has 1 aromatic rings. The highest BCUT2D eigenvalue weighted by Gasteiger charge is 2.25. The van der Waals surface area contributed by atoms with Crippen LogP contribution >= 0.6 is 0 Å². The maximum atomic E-state index is 12.0. The molecule has 0 atom stereocenters. The Bertz CT molecular complexity index is 630. The van der Waals surface area contributed by atoms with Gasteiger partial charge in [-0.25, -0.2) is 13.1 Å². The second kappa shape index (κ2) is 6.27. The number of sulfonamides is 1. The Morgan fingerprint density at radius 2 is 2.05 bits per heavy atom. The summed E-state index contributed by atoms with van der Waals surface area (Å²) in [5.41, 5.74) is 6.65. The number of nitrogens with one attached hydrogen (secondary N) is 2. The first kappa shape index (κ1) is 15.8. The fourth-order valence-electron chi connectivity index (χ4n) is 1.36. The smallest absolute Gasteiger partial charge is 0.289 e. The molecule has 0 radical (unpaired) electrons. The average molecular weight is 303 g/mol. The summed E-state index contributed by atoms with van der Waals surface area (Å²) in [5, 5.41) is 10.8. The first-order valence-corrected chi connectivity index (χ1v) is 6.79. The van der Waals surface area contributed by atoms with Crippen LogP contribution in [0.15, 0.2) is 23.1 Å². The number of hydrogen-bond acceptors (Lipinski definition) is 7. The highest BCUT2D eigenvalue weighted by atomic mass is 32.2. The number of rotatable bonds is 7. The van der Waals surface area contributed by atoms with Crippen LogP contribution in [0, 0.1) is 10.1 Å². The largest absolute Gasteiger partial charge is 0.370 e. The number of primary amides is 1. The van der Waals surface area contributed by atoms with Gasteiger partial charge in [0.1, 0.15) is 0 Å². The lowest BCUT2D eigenvalue weighted by Crippen LogP contribution is -2.28. The summed E-state index contributed by atoms with van der Waals surface area (Å²) in [4.78, 5) is 20.0. The molecule has 11 heteroatoms. The van der Waals surface area contributed by atoms with Crippen molar-refractivity contribution in [3.8, 4) is 0 Å². The molecule has 20 heavy (non-hydrogen) atoms. The number of hydrogen-bond donors (Lipinski definition) is 4. The number of amides is 1. The predicted molar refractivity (Wildman–Crippen MR) is 69.9 cm³/mol. The van der Waals surface area contributed by atoms with Gasteiger partial charge in [-0.05, 0) is 12.1 Å². The number of nitro benzene ring substituents is 1. The SMILES string of the molecule is NNc1ccc([N+](=O)[O-])c(S(=O)(=O)NCCC(N)=O)c1. The van der Waals surface area contributed by atoms with Crippen molar-refractivity contribution in [2.75, 3.05) is 12.0 Å². The molecule has 0 bridgehead atoms. The summed E-state index contributed by atoms with van der Waals surface area (Å²) in [7, 11) is -4.16. The lowest BCUT2D eigenvalue weighted by Gasteiger charge is -2.08. The van der Waals surface area contributed by atoms with E-state index in [1.54, 1.807) is 0 Å². The van der Waals surface area contributed by atoms with E-state index < -0.39 is 31.4 Å². The minimum atomic E-state index is -4.16. The van der Waals surface area contributed by atoms with E-state index in [1.807, 2.05) is 0 Å². The Labute approximate surface area is 114 Å². The molecule has 0 aromatic heterocycles. The standard InChI is InChI=1S/C9H13N5O5S/c10-9(15)3-4-12-20(18,19)8-5-6(13-11)1-2-7(8)14(16)17/h1-2,5,12-13H,3-4,11H2,(H2,10,15). The van der Waals surface area contributed by atoms with Crippen LogP contribution in [0.3, 0.4) is 0 Å². The van der Waals surface area contributed by atoms with Crippen molar-refractivity contribution in [2.45, 2.75) is 11.3 Å². The van der Waals surface area contributed by atoms with Crippen LogP contribution < -0.4 is 21.7 Å². The van der Waals surface area contributed by atoms with E-state index in [0.717, 1.165) is 12.1 Å². The van der Waals surface area contributed by atoms with Gasteiger partial charge in [0.25, 0.3) is 5.69 Å². The summed E-state index contributed by atoms with van der Waals surface area (Å²) < 4.78 is 26.0. The third kappa shape index (κ3) is 3.88. The zero-order chi connectivity index (χ0) is 15.3. The number of nitrogens with two attached hydrogens (primary N) is 2. The first-order valence-electron chi connectivity index (χ1n) is 5.31. The van der Waals surface area contributed by atoms with Crippen LogP contribution in [0.4, 0.5) is 11.4 Å². The molecule has 110 valence electrons. The van der Waals surface area contributed by atoms with Crippen LogP contribution in [0.25, 0.3) is 0 Å². The molecule has 1 aromatic carbocycles. The highest BCUT2D eigenvalue weighted by molar-refractivity contribution is 7.89. The summed E-state index contributed by atoms with van der Waals surface area (Å²) in [6, 6.07) is 3.29. The first-order chi connectivity index (χ1) is 9.27. The third-order valence-electron chi connectivity index (χ3n) is 2.28. The van der Waals surface area contributed by atoms with Gasteiger partial charge in [0.2, 0.25) is 15.9 Å². The molecule has 0 aliphatic heterocycles. The van der Waals surface area contributed by atoms with Gasteiger partial charge in [-0.2, -0.15) is 0 Å². The molecule has 0 aliphatic rings. The Balaban J connectivity index is 3.14. The highest BCUT2D eigenvalue weighted by Crippen LogP contribution is 2.26. The van der Waals surface area contributed by atoms with Gasteiger partial charge < -0.3 is 11.2 Å². The number of nitrogen functional groups attached to an aromatic ring is 1. The number of anilines is 1. The van der Waals surface area contributed by atoms with Crippen molar-refractivity contribution in [2.24, 2.45) is 11.6 Å². The van der Waals surface area contributed by atoms with Crippen LogP contribution in [0.2, 0.25) is 0 Å². The van der Waals surface area contributed by atoms with E-state index in [2.05, 4.69) is 10.1 Å². The molecule has 0 fully saturated rings. The number of benzene rings is 1. The Kier molecular flexibility index (Phi) is 4.96. The molecule has 1 amide bonds. The zero-order valence-electron chi connectivity index (χ0n) is 10.2. The summed E-state index contributed by atoms with van der Waals surface area (Å²) in [5.74, 6) is 4.44. The Morgan fingerprint density at radius 3 is 2.55 bits per heavy atom. The third-order valence-corrected chi connectivity index (χ3v) is 3.77. The Hall–Kier alpha value is -2.24. The second-order valence-electron chi connectivity index (χ2n) is 3.70. The van der Waals surface area contributed by atoms with Crippen molar-refractivity contribution >= 4 is 27.3 Å². The zero-order valence-corrected chi connectivity index (χ0v) is 11.0. The Morgan fingerprint density at radius 1 is 1.40 bits per heavy atom. The van der Waals surface area contributed by atoms with Gasteiger partial charge in [-0.15, -0.1) is 0 Å². The van der Waals surface area contributed by atoms with Gasteiger partial charge in [-0.1, -0.05) is 0 Å². The number of carbonyl (C=O) groups is 1. The van der Waals surface area contributed by atoms with Gasteiger partial charge in [0, 0.05) is 19.0 Å². The summed E-state index contributed by atoms with van der Waals surface area (Å²) in [6.07, 6.45) is -0.220. The molecule has 0 saturated carbocycles. The minimum absolute atomic E-state index is 0.186. The minimum Gasteiger partial charge on any atom is -0.370 e. The topological polar surface area (TPSA) is 170 Å². The molecule has 0 aliphatic carbocycles.